The van der Waals surface area contributed by atoms with Gasteiger partial charge in [-0.25, -0.2) is 4.99 Å². The van der Waals surface area contributed by atoms with Crippen molar-refractivity contribution in [2.45, 2.75) is 0 Å². The van der Waals surface area contributed by atoms with E-state index in [-0.39, 0.29) is 25.7 Å². The number of nitro benzene ring substituents is 1. The number of nitrogens with zero attached hydrogens (tertiary/aromatic N) is 3. The molecule has 0 unspecified atom stereocenters. The molecule has 29 heavy (non-hydrogen) atoms. The molecule has 2 amide bonds. The van der Waals surface area contributed by atoms with E-state index in [0.29, 0.717) is 10.6 Å². The van der Waals surface area contributed by atoms with Gasteiger partial charge in [0, 0.05) is 22.9 Å². The Morgan fingerprint density at radius 3 is 2.59 bits per heavy atom. The van der Waals surface area contributed by atoms with Crippen LogP contribution in [-0.2, 0) is 4.79 Å². The number of hydrogen-bond acceptors (Lipinski definition) is 7. The largest absolute Gasteiger partial charge is 0.492 e. The number of aromatic hydroxyl groups is 1. The number of benzene rings is 2. The Labute approximate surface area is 171 Å². The zero-order valence-corrected chi connectivity index (χ0v) is 16.0. The van der Waals surface area contributed by atoms with Gasteiger partial charge >= 0.3 is 0 Å². The molecule has 0 aliphatic carbocycles. The van der Waals surface area contributed by atoms with Crippen LogP contribution >= 0.6 is 23.6 Å². The number of aromatic nitrogens is 1. The molecule has 0 radical (unpaired) electrons. The Kier molecular flexibility index (Phi) is 4.53. The summed E-state index contributed by atoms with van der Waals surface area (Å²) < 4.78 is 1.10. The lowest BCUT2D eigenvalue weighted by Gasteiger charge is -2.07. The average molecular weight is 426 g/mol. The second kappa shape index (κ2) is 7.04. The van der Waals surface area contributed by atoms with Crippen molar-refractivity contribution in [2.24, 2.45) is 4.99 Å². The van der Waals surface area contributed by atoms with E-state index in [4.69, 9.17) is 12.2 Å². The van der Waals surface area contributed by atoms with Crippen molar-refractivity contribution in [3.05, 3.63) is 83.6 Å². The number of nitro groups is 1. The zero-order valence-electron chi connectivity index (χ0n) is 14.4. The molecule has 1 aromatic heterocycles. The molecule has 1 aliphatic rings. The second-order valence-electron chi connectivity index (χ2n) is 5.91. The predicted octanol–water partition coefficient (Wildman–Crippen LogP) is 1.64. The summed E-state index contributed by atoms with van der Waals surface area (Å²) in [6, 6.07) is 11.8. The maximum absolute atomic E-state index is 12.4. The number of para-hydroxylation sites is 1. The minimum Gasteiger partial charge on any atom is -0.492 e. The van der Waals surface area contributed by atoms with E-state index >= 15 is 0 Å². The van der Waals surface area contributed by atoms with Crippen LogP contribution in [0.1, 0.15) is 15.2 Å². The Balaban J connectivity index is 1.71. The van der Waals surface area contributed by atoms with E-state index in [1.54, 1.807) is 24.3 Å². The van der Waals surface area contributed by atoms with Crippen molar-refractivity contribution in [3.63, 3.8) is 0 Å². The average Bonchev–Trinajstić information content (AvgIpc) is 3.17. The van der Waals surface area contributed by atoms with E-state index in [1.807, 2.05) is 0 Å². The highest BCUT2D eigenvalue weighted by Crippen LogP contribution is 2.31. The van der Waals surface area contributed by atoms with E-state index in [1.165, 1.54) is 24.3 Å². The van der Waals surface area contributed by atoms with E-state index in [2.05, 4.69) is 10.4 Å². The number of carbonyl (C=O) groups is 2. The molecule has 2 N–H and O–H groups in total. The van der Waals surface area contributed by atoms with Crippen molar-refractivity contribution in [3.8, 4) is 5.88 Å². The minimum absolute atomic E-state index is 0.109. The number of carbonyl (C=O) groups excluding carboxylic acids is 2. The Morgan fingerprint density at radius 2 is 1.90 bits per heavy atom. The van der Waals surface area contributed by atoms with Gasteiger partial charge in [-0.1, -0.05) is 29.5 Å². The van der Waals surface area contributed by atoms with Gasteiger partial charge in [0.25, 0.3) is 17.5 Å². The molecular formula is C18H10N4O5S2. The lowest BCUT2D eigenvalue weighted by Crippen LogP contribution is -2.23. The molecule has 0 bridgehead atoms. The van der Waals surface area contributed by atoms with Crippen LogP contribution in [0.25, 0.3) is 5.57 Å². The normalized spacial score (nSPS) is 12.4. The molecule has 2 aromatic carbocycles. The van der Waals surface area contributed by atoms with Crippen molar-refractivity contribution in [1.82, 2.24) is 4.68 Å². The molecule has 144 valence electrons. The topological polar surface area (TPSA) is 127 Å². The van der Waals surface area contributed by atoms with Crippen LogP contribution in [-0.4, -0.2) is 26.5 Å². The van der Waals surface area contributed by atoms with E-state index < -0.39 is 22.6 Å². The summed E-state index contributed by atoms with van der Waals surface area (Å²) in [4.78, 5) is 39.1. The smallest absolute Gasteiger partial charge is 0.279 e. The second-order valence-corrected chi connectivity index (χ2v) is 7.55. The van der Waals surface area contributed by atoms with Gasteiger partial charge in [-0.15, -0.1) is 0 Å². The number of hydrogen-bond donors (Lipinski definition) is 2. The summed E-state index contributed by atoms with van der Waals surface area (Å²) in [5.74, 6) is -1.54. The van der Waals surface area contributed by atoms with Crippen molar-refractivity contribution < 1.29 is 19.6 Å². The number of fused-ring (bicyclic) bond motifs is 1. The number of thiazole rings is 1. The fourth-order valence-corrected chi connectivity index (χ4v) is 4.07. The molecule has 3 aromatic rings. The van der Waals surface area contributed by atoms with Crippen LogP contribution in [0.3, 0.4) is 0 Å². The van der Waals surface area contributed by atoms with E-state index in [0.717, 1.165) is 16.0 Å². The summed E-state index contributed by atoms with van der Waals surface area (Å²) in [6.45, 7) is 0. The maximum atomic E-state index is 12.4. The number of rotatable bonds is 4. The highest BCUT2D eigenvalue weighted by molar-refractivity contribution is 7.73. The van der Waals surface area contributed by atoms with Crippen molar-refractivity contribution in [2.75, 3.05) is 5.43 Å². The van der Waals surface area contributed by atoms with Gasteiger partial charge in [0.15, 0.2) is 3.95 Å². The molecule has 0 atom stereocenters. The van der Waals surface area contributed by atoms with Gasteiger partial charge < -0.3 is 5.11 Å². The van der Waals surface area contributed by atoms with Gasteiger partial charge in [0.1, 0.15) is 4.88 Å². The maximum Gasteiger partial charge on any atom is 0.279 e. The summed E-state index contributed by atoms with van der Waals surface area (Å²) in [5.41, 5.74) is 2.62. The SMILES string of the molecule is O=C1N=c2ccccc2=C1c1sc(=S)n(NC(=O)c2ccc([N+](=O)[O-])cc2)c1O. The first-order valence-corrected chi connectivity index (χ1v) is 9.32. The van der Waals surface area contributed by atoms with Crippen LogP contribution in [0.4, 0.5) is 5.69 Å². The number of amides is 2. The molecular weight excluding hydrogens is 416 g/mol. The summed E-state index contributed by atoms with van der Waals surface area (Å²) in [6.07, 6.45) is 0. The summed E-state index contributed by atoms with van der Waals surface area (Å²) in [7, 11) is 0. The highest BCUT2D eigenvalue weighted by Gasteiger charge is 2.26. The highest BCUT2D eigenvalue weighted by atomic mass is 32.1. The molecule has 11 heteroatoms. The molecule has 0 saturated carbocycles. The zero-order chi connectivity index (χ0) is 20.7. The van der Waals surface area contributed by atoms with Crippen LogP contribution in [0, 0.1) is 14.1 Å². The minimum atomic E-state index is -0.636. The number of nitrogens with one attached hydrogen (secondary N) is 1. The van der Waals surface area contributed by atoms with Gasteiger partial charge in [-0.05, 0) is 30.4 Å². The molecule has 2 heterocycles. The van der Waals surface area contributed by atoms with Gasteiger partial charge in [-0.2, -0.15) is 4.68 Å². The van der Waals surface area contributed by atoms with Crippen LogP contribution < -0.4 is 16.0 Å². The Hall–Kier alpha value is -3.70. The molecule has 4 rings (SSSR count). The molecule has 0 fully saturated rings. The first-order valence-electron chi connectivity index (χ1n) is 8.10. The van der Waals surface area contributed by atoms with Crippen LogP contribution in [0.5, 0.6) is 5.88 Å². The lowest BCUT2D eigenvalue weighted by molar-refractivity contribution is -0.384. The third-order valence-corrected chi connectivity index (χ3v) is 5.56. The summed E-state index contributed by atoms with van der Waals surface area (Å²) >= 11 is 6.17. The Bertz CT molecular complexity index is 1370. The molecule has 9 nitrogen and oxygen atoms in total. The fraction of sp³-hybridized carbons (Fsp3) is 0. The molecule has 0 saturated heterocycles. The van der Waals surface area contributed by atoms with Gasteiger partial charge in [0.2, 0.25) is 5.88 Å². The van der Waals surface area contributed by atoms with E-state index in [9.17, 15) is 24.8 Å². The first kappa shape index (κ1) is 18.7. The quantitative estimate of drug-likeness (QED) is 0.371. The third kappa shape index (κ3) is 3.22. The lowest BCUT2D eigenvalue weighted by atomic mass is 10.1. The third-order valence-electron chi connectivity index (χ3n) is 4.18. The van der Waals surface area contributed by atoms with Gasteiger partial charge in [-0.3, -0.25) is 25.1 Å². The van der Waals surface area contributed by atoms with Crippen molar-refractivity contribution >= 4 is 46.6 Å². The molecule has 1 aliphatic heterocycles. The van der Waals surface area contributed by atoms with Crippen LogP contribution in [0.2, 0.25) is 0 Å². The standard InChI is InChI=1S/C18H10N4O5S2/c23-15(9-5-7-10(8-6-9)22(26)27)20-21-17(25)14(29-18(21)28)13-11-3-1-2-4-12(11)19-16(13)24/h1-8,25H,(H,20,23). The van der Waals surface area contributed by atoms with Gasteiger partial charge in [0.05, 0.1) is 15.9 Å². The van der Waals surface area contributed by atoms with Crippen LogP contribution in [0.15, 0.2) is 53.5 Å². The monoisotopic (exact) mass is 426 g/mol. The first-order chi connectivity index (χ1) is 13.9. The fourth-order valence-electron chi connectivity index (χ4n) is 2.81. The summed E-state index contributed by atoms with van der Waals surface area (Å²) in [5, 5.41) is 22.4. The van der Waals surface area contributed by atoms with Crippen molar-refractivity contribution in [1.29, 1.82) is 0 Å². The Morgan fingerprint density at radius 1 is 1.21 bits per heavy atom. The molecule has 0 spiro atoms. The number of non-ortho nitro benzene ring substituents is 1. The predicted molar refractivity (Wildman–Crippen MR) is 106 cm³/mol.